The second-order valence-corrected chi connectivity index (χ2v) is 3.91. The maximum atomic E-state index is 11.4. The van der Waals surface area contributed by atoms with Gasteiger partial charge in [-0.1, -0.05) is 0 Å². The van der Waals surface area contributed by atoms with Crippen molar-refractivity contribution in [3.8, 4) is 0 Å². The molecule has 82 valence electrons. The summed E-state index contributed by atoms with van der Waals surface area (Å²) in [6, 6.07) is 0. The van der Waals surface area contributed by atoms with Gasteiger partial charge in [-0.3, -0.25) is 4.79 Å². The van der Waals surface area contributed by atoms with Crippen LogP contribution in [0, 0.1) is 5.92 Å². The Morgan fingerprint density at radius 3 is 2.79 bits per heavy atom. The van der Waals surface area contributed by atoms with Crippen molar-refractivity contribution >= 4 is 5.91 Å². The number of carbonyl (C=O) groups excluding carboxylic acids is 1. The topological polar surface area (TPSA) is 58.6 Å². The Morgan fingerprint density at radius 1 is 1.57 bits per heavy atom. The molecule has 1 fully saturated rings. The van der Waals surface area contributed by atoms with Crippen LogP contribution in [0.15, 0.2) is 0 Å². The van der Waals surface area contributed by atoms with Gasteiger partial charge in [-0.15, -0.1) is 0 Å². The Morgan fingerprint density at radius 2 is 2.21 bits per heavy atom. The molecule has 0 aromatic carbocycles. The van der Waals surface area contributed by atoms with E-state index in [-0.39, 0.29) is 5.91 Å². The van der Waals surface area contributed by atoms with Crippen molar-refractivity contribution in [1.82, 2.24) is 5.32 Å². The molecule has 0 saturated carbocycles. The van der Waals surface area contributed by atoms with Gasteiger partial charge in [0.1, 0.15) is 0 Å². The van der Waals surface area contributed by atoms with E-state index in [1.54, 1.807) is 6.92 Å². The lowest BCUT2D eigenvalue weighted by Crippen LogP contribution is -2.32. The molecule has 0 aromatic rings. The summed E-state index contributed by atoms with van der Waals surface area (Å²) in [5.41, 5.74) is 0. The highest BCUT2D eigenvalue weighted by atomic mass is 16.5. The van der Waals surface area contributed by atoms with Gasteiger partial charge in [0.2, 0.25) is 5.91 Å². The SMILES string of the molecule is CC(O)CNC(=O)CC1CCOCC1. The first-order valence-corrected chi connectivity index (χ1v) is 5.21. The molecule has 1 aliphatic rings. The van der Waals surface area contributed by atoms with Crippen molar-refractivity contribution in [2.45, 2.75) is 32.3 Å². The molecule has 0 bridgehead atoms. The summed E-state index contributed by atoms with van der Waals surface area (Å²) in [7, 11) is 0. The molecule has 2 N–H and O–H groups in total. The molecule has 1 atom stereocenters. The smallest absolute Gasteiger partial charge is 0.220 e. The van der Waals surface area contributed by atoms with Crippen molar-refractivity contribution in [3.63, 3.8) is 0 Å². The molecule has 1 amide bonds. The van der Waals surface area contributed by atoms with E-state index in [2.05, 4.69) is 5.32 Å². The van der Waals surface area contributed by atoms with E-state index in [9.17, 15) is 4.79 Å². The third kappa shape index (κ3) is 4.58. The maximum Gasteiger partial charge on any atom is 0.220 e. The van der Waals surface area contributed by atoms with E-state index in [1.807, 2.05) is 0 Å². The lowest BCUT2D eigenvalue weighted by molar-refractivity contribution is -0.123. The highest BCUT2D eigenvalue weighted by molar-refractivity contribution is 5.76. The van der Waals surface area contributed by atoms with Gasteiger partial charge in [0, 0.05) is 26.2 Å². The van der Waals surface area contributed by atoms with Crippen LogP contribution in [0.1, 0.15) is 26.2 Å². The number of aliphatic hydroxyl groups excluding tert-OH is 1. The van der Waals surface area contributed by atoms with Gasteiger partial charge in [-0.2, -0.15) is 0 Å². The minimum Gasteiger partial charge on any atom is -0.392 e. The Balaban J connectivity index is 2.12. The number of hydrogen-bond acceptors (Lipinski definition) is 3. The van der Waals surface area contributed by atoms with Gasteiger partial charge in [0.05, 0.1) is 6.10 Å². The standard InChI is InChI=1S/C10H19NO3/c1-8(12)7-11-10(13)6-9-2-4-14-5-3-9/h8-9,12H,2-7H2,1H3,(H,11,13). The zero-order valence-electron chi connectivity index (χ0n) is 8.66. The summed E-state index contributed by atoms with van der Waals surface area (Å²) in [6.45, 7) is 3.56. The second-order valence-electron chi connectivity index (χ2n) is 3.91. The molecule has 1 unspecified atom stereocenters. The highest BCUT2D eigenvalue weighted by Gasteiger charge is 2.17. The highest BCUT2D eigenvalue weighted by Crippen LogP contribution is 2.17. The summed E-state index contributed by atoms with van der Waals surface area (Å²) in [4.78, 5) is 11.4. The predicted octanol–water partition coefficient (Wildman–Crippen LogP) is 0.300. The maximum absolute atomic E-state index is 11.4. The van der Waals surface area contributed by atoms with Crippen LogP contribution in [0.4, 0.5) is 0 Å². The third-order valence-electron chi connectivity index (χ3n) is 2.41. The van der Waals surface area contributed by atoms with Crippen LogP contribution < -0.4 is 5.32 Å². The summed E-state index contributed by atoms with van der Waals surface area (Å²) in [6.07, 6.45) is 2.05. The molecule has 0 aliphatic carbocycles. The first-order valence-electron chi connectivity index (χ1n) is 5.21. The molecular formula is C10H19NO3. The van der Waals surface area contributed by atoms with Gasteiger partial charge in [0.25, 0.3) is 0 Å². The van der Waals surface area contributed by atoms with E-state index >= 15 is 0 Å². The van der Waals surface area contributed by atoms with Crippen LogP contribution >= 0.6 is 0 Å². The monoisotopic (exact) mass is 201 g/mol. The normalized spacial score (nSPS) is 20.4. The van der Waals surface area contributed by atoms with E-state index in [4.69, 9.17) is 9.84 Å². The molecule has 0 radical (unpaired) electrons. The van der Waals surface area contributed by atoms with E-state index in [0.29, 0.717) is 18.9 Å². The number of amides is 1. The zero-order valence-corrected chi connectivity index (χ0v) is 8.66. The van der Waals surface area contributed by atoms with Gasteiger partial charge in [0.15, 0.2) is 0 Å². The Kier molecular flexibility index (Phi) is 4.90. The number of ether oxygens (including phenoxy) is 1. The Bertz CT molecular complexity index is 176. The fourth-order valence-corrected chi connectivity index (χ4v) is 1.55. The van der Waals surface area contributed by atoms with E-state index in [1.165, 1.54) is 0 Å². The van der Waals surface area contributed by atoms with Gasteiger partial charge in [-0.05, 0) is 25.7 Å². The largest absolute Gasteiger partial charge is 0.392 e. The minimum absolute atomic E-state index is 0.0396. The summed E-state index contributed by atoms with van der Waals surface area (Å²) in [5.74, 6) is 0.496. The second kappa shape index (κ2) is 5.98. The molecule has 14 heavy (non-hydrogen) atoms. The van der Waals surface area contributed by atoms with Crippen molar-refractivity contribution in [2.24, 2.45) is 5.92 Å². The Labute approximate surface area is 84.6 Å². The van der Waals surface area contributed by atoms with Crippen molar-refractivity contribution in [3.05, 3.63) is 0 Å². The molecule has 4 nitrogen and oxygen atoms in total. The molecule has 1 rings (SSSR count). The zero-order chi connectivity index (χ0) is 10.4. The van der Waals surface area contributed by atoms with Crippen LogP contribution in [-0.2, 0) is 9.53 Å². The molecular weight excluding hydrogens is 182 g/mol. The average molecular weight is 201 g/mol. The number of rotatable bonds is 4. The predicted molar refractivity (Wildman–Crippen MR) is 52.9 cm³/mol. The lowest BCUT2D eigenvalue weighted by atomic mass is 9.96. The molecule has 1 aliphatic heterocycles. The van der Waals surface area contributed by atoms with Crippen LogP contribution in [0.5, 0.6) is 0 Å². The molecule has 1 saturated heterocycles. The number of nitrogens with one attached hydrogen (secondary N) is 1. The van der Waals surface area contributed by atoms with Crippen molar-refractivity contribution in [1.29, 1.82) is 0 Å². The van der Waals surface area contributed by atoms with Crippen LogP contribution in [0.2, 0.25) is 0 Å². The van der Waals surface area contributed by atoms with Gasteiger partial charge < -0.3 is 15.2 Å². The summed E-state index contributed by atoms with van der Waals surface area (Å²) < 4.78 is 5.21. The number of aliphatic hydroxyl groups is 1. The summed E-state index contributed by atoms with van der Waals surface area (Å²) >= 11 is 0. The fraction of sp³-hybridized carbons (Fsp3) is 0.900. The first kappa shape index (κ1) is 11.5. The van der Waals surface area contributed by atoms with Crippen LogP contribution in [-0.4, -0.2) is 36.9 Å². The Hall–Kier alpha value is -0.610. The molecule has 0 aromatic heterocycles. The first-order chi connectivity index (χ1) is 6.68. The van der Waals surface area contributed by atoms with Crippen molar-refractivity contribution in [2.75, 3.05) is 19.8 Å². The average Bonchev–Trinajstić information content (AvgIpc) is 2.16. The van der Waals surface area contributed by atoms with E-state index in [0.717, 1.165) is 26.1 Å². The van der Waals surface area contributed by atoms with Crippen LogP contribution in [0.25, 0.3) is 0 Å². The van der Waals surface area contributed by atoms with Gasteiger partial charge in [-0.25, -0.2) is 0 Å². The summed E-state index contributed by atoms with van der Waals surface area (Å²) in [5, 5.41) is 11.7. The van der Waals surface area contributed by atoms with Crippen molar-refractivity contribution < 1.29 is 14.6 Å². The van der Waals surface area contributed by atoms with Crippen LogP contribution in [0.3, 0.4) is 0 Å². The molecule has 4 heteroatoms. The molecule has 1 heterocycles. The van der Waals surface area contributed by atoms with E-state index < -0.39 is 6.10 Å². The third-order valence-corrected chi connectivity index (χ3v) is 2.41. The lowest BCUT2D eigenvalue weighted by Gasteiger charge is -2.21. The fourth-order valence-electron chi connectivity index (χ4n) is 1.55. The minimum atomic E-state index is -0.464. The quantitative estimate of drug-likeness (QED) is 0.687. The van der Waals surface area contributed by atoms with Gasteiger partial charge >= 0.3 is 0 Å². The number of carbonyl (C=O) groups is 1. The molecule has 0 spiro atoms. The number of hydrogen-bond donors (Lipinski definition) is 2.